The standard InChI is InChI=1S/C47H30N4S/c1-4-12-31(13-5-1)32-20-22-33(23-21-32)38-28-29-40-39(30-38)43(47-51(40)41-18-10-11-19-42(41)52-47)34-24-26-37(27-25-34)46-49-44(35-14-6-2-7-15-35)48-45(50-46)36-16-8-3-9-17-36/h1-30H. The lowest BCUT2D eigenvalue weighted by Crippen LogP contribution is -2.00. The Labute approximate surface area is 305 Å². The average Bonchev–Trinajstić information content (AvgIpc) is 3.76. The number of benzene rings is 7. The third-order valence-electron chi connectivity index (χ3n) is 9.69. The molecule has 0 N–H and O–H groups in total. The quantitative estimate of drug-likeness (QED) is 0.175. The van der Waals surface area contributed by atoms with Gasteiger partial charge in [0.2, 0.25) is 0 Å². The van der Waals surface area contributed by atoms with Crippen LogP contribution in [-0.2, 0) is 0 Å². The summed E-state index contributed by atoms with van der Waals surface area (Å²) < 4.78 is 3.69. The van der Waals surface area contributed by atoms with Gasteiger partial charge in [-0.3, -0.25) is 4.40 Å². The van der Waals surface area contributed by atoms with E-state index in [0.29, 0.717) is 17.5 Å². The second-order valence-corrected chi connectivity index (χ2v) is 13.9. The summed E-state index contributed by atoms with van der Waals surface area (Å²) in [5.74, 6) is 1.96. The lowest BCUT2D eigenvalue weighted by atomic mass is 9.97. The van der Waals surface area contributed by atoms with E-state index in [4.69, 9.17) is 15.0 Å². The van der Waals surface area contributed by atoms with Gasteiger partial charge in [-0.2, -0.15) is 0 Å². The van der Waals surface area contributed by atoms with Crippen molar-refractivity contribution in [3.63, 3.8) is 0 Å². The molecule has 0 unspecified atom stereocenters. The number of rotatable bonds is 6. The summed E-state index contributed by atoms with van der Waals surface area (Å²) in [5, 5.41) is 1.23. The molecule has 0 fully saturated rings. The molecule has 10 rings (SSSR count). The van der Waals surface area contributed by atoms with Gasteiger partial charge in [0.15, 0.2) is 17.5 Å². The first kappa shape index (κ1) is 30.2. The van der Waals surface area contributed by atoms with E-state index in [1.165, 1.54) is 53.8 Å². The van der Waals surface area contributed by atoms with E-state index in [9.17, 15) is 0 Å². The lowest BCUT2D eigenvalue weighted by molar-refractivity contribution is 1.07. The molecule has 0 aliphatic heterocycles. The summed E-state index contributed by atoms with van der Waals surface area (Å²) in [7, 11) is 0. The van der Waals surface area contributed by atoms with Crippen molar-refractivity contribution in [1.29, 1.82) is 0 Å². The van der Waals surface area contributed by atoms with Crippen LogP contribution >= 0.6 is 11.3 Å². The van der Waals surface area contributed by atoms with Crippen LogP contribution in [0.5, 0.6) is 0 Å². The molecular weight excluding hydrogens is 653 g/mol. The van der Waals surface area contributed by atoms with Crippen LogP contribution in [0.2, 0.25) is 0 Å². The van der Waals surface area contributed by atoms with Crippen LogP contribution in [0.25, 0.3) is 93.5 Å². The highest BCUT2D eigenvalue weighted by molar-refractivity contribution is 7.24. The fourth-order valence-corrected chi connectivity index (χ4v) is 8.34. The number of nitrogens with zero attached hydrogens (tertiary/aromatic N) is 4. The SMILES string of the molecule is c1ccc(-c2ccc(-c3ccc4c(c3)c(-c3ccc(-c5nc(-c6ccccc6)nc(-c6ccccc6)n5)cc3)c3sc5ccccc5n34)cc2)cc1. The second kappa shape index (κ2) is 12.6. The summed E-state index contributed by atoms with van der Waals surface area (Å²) in [5.41, 5.74) is 12.5. The average molecular weight is 683 g/mol. The van der Waals surface area contributed by atoms with Crippen LogP contribution < -0.4 is 0 Å². The summed E-state index contributed by atoms with van der Waals surface area (Å²) in [6.45, 7) is 0. The van der Waals surface area contributed by atoms with E-state index in [-0.39, 0.29) is 0 Å². The zero-order chi connectivity index (χ0) is 34.4. The van der Waals surface area contributed by atoms with Crippen molar-refractivity contribution in [3.05, 3.63) is 182 Å². The number of para-hydroxylation sites is 1. The molecule has 4 nitrogen and oxygen atoms in total. The molecule has 0 atom stereocenters. The zero-order valence-electron chi connectivity index (χ0n) is 28.0. The highest BCUT2D eigenvalue weighted by Gasteiger charge is 2.20. The minimum Gasteiger partial charge on any atom is -0.299 e. The number of hydrogen-bond acceptors (Lipinski definition) is 4. The minimum absolute atomic E-state index is 0.647. The third kappa shape index (κ3) is 5.27. The van der Waals surface area contributed by atoms with Gasteiger partial charge >= 0.3 is 0 Å². The Kier molecular flexibility index (Phi) is 7.29. The van der Waals surface area contributed by atoms with E-state index < -0.39 is 0 Å². The molecule has 3 aromatic heterocycles. The van der Waals surface area contributed by atoms with Gasteiger partial charge in [0, 0.05) is 27.6 Å². The Morgan fingerprint density at radius 1 is 0.346 bits per heavy atom. The first-order valence-corrected chi connectivity index (χ1v) is 18.2. The van der Waals surface area contributed by atoms with E-state index >= 15 is 0 Å². The molecule has 0 aliphatic carbocycles. The Morgan fingerprint density at radius 2 is 0.769 bits per heavy atom. The molecule has 0 radical (unpaired) electrons. The van der Waals surface area contributed by atoms with Gasteiger partial charge < -0.3 is 0 Å². The van der Waals surface area contributed by atoms with Crippen molar-refractivity contribution in [3.8, 4) is 67.5 Å². The molecule has 7 aromatic carbocycles. The predicted octanol–water partition coefficient (Wildman–Crippen LogP) is 12.5. The molecule has 0 saturated heterocycles. The Bertz CT molecular complexity index is 2800. The smallest absolute Gasteiger partial charge is 0.164 e. The maximum atomic E-state index is 4.97. The molecule has 0 saturated carbocycles. The Morgan fingerprint density at radius 3 is 1.37 bits per heavy atom. The highest BCUT2D eigenvalue weighted by Crippen LogP contribution is 2.43. The topological polar surface area (TPSA) is 43.1 Å². The normalized spacial score (nSPS) is 11.5. The molecule has 0 amide bonds. The minimum atomic E-state index is 0.647. The van der Waals surface area contributed by atoms with Gasteiger partial charge in [-0.15, -0.1) is 11.3 Å². The molecule has 0 bridgehead atoms. The third-order valence-corrected chi connectivity index (χ3v) is 10.8. The molecule has 0 aliphatic rings. The van der Waals surface area contributed by atoms with Crippen LogP contribution in [0, 0.1) is 0 Å². The van der Waals surface area contributed by atoms with Crippen molar-refractivity contribution < 1.29 is 0 Å². The molecule has 3 heterocycles. The maximum absolute atomic E-state index is 4.97. The van der Waals surface area contributed by atoms with E-state index in [1.54, 1.807) is 0 Å². The van der Waals surface area contributed by atoms with Crippen LogP contribution in [0.4, 0.5) is 0 Å². The maximum Gasteiger partial charge on any atom is 0.164 e. The van der Waals surface area contributed by atoms with Crippen LogP contribution in [0.15, 0.2) is 182 Å². The van der Waals surface area contributed by atoms with Crippen molar-refractivity contribution in [1.82, 2.24) is 19.4 Å². The zero-order valence-corrected chi connectivity index (χ0v) is 28.8. The fraction of sp³-hybridized carbons (Fsp3) is 0. The van der Waals surface area contributed by atoms with Crippen molar-refractivity contribution in [2.45, 2.75) is 0 Å². The van der Waals surface area contributed by atoms with Crippen molar-refractivity contribution in [2.24, 2.45) is 0 Å². The molecule has 52 heavy (non-hydrogen) atoms. The summed E-state index contributed by atoms with van der Waals surface area (Å²) in [6, 6.07) is 63.9. The van der Waals surface area contributed by atoms with Crippen molar-refractivity contribution in [2.75, 3.05) is 0 Å². The number of fused-ring (bicyclic) bond motifs is 5. The van der Waals surface area contributed by atoms with Crippen LogP contribution in [0.1, 0.15) is 0 Å². The number of aromatic nitrogens is 4. The summed E-state index contributed by atoms with van der Waals surface area (Å²) in [6.07, 6.45) is 0. The second-order valence-electron chi connectivity index (χ2n) is 12.9. The first-order valence-electron chi connectivity index (χ1n) is 17.4. The van der Waals surface area contributed by atoms with Crippen molar-refractivity contribution >= 4 is 37.3 Å². The summed E-state index contributed by atoms with van der Waals surface area (Å²) >= 11 is 1.84. The van der Waals surface area contributed by atoms with Gasteiger partial charge in [0.25, 0.3) is 0 Å². The molecular formula is C47H30N4S. The largest absolute Gasteiger partial charge is 0.299 e. The summed E-state index contributed by atoms with van der Waals surface area (Å²) in [4.78, 5) is 16.0. The van der Waals surface area contributed by atoms with Crippen LogP contribution in [0.3, 0.4) is 0 Å². The van der Waals surface area contributed by atoms with Gasteiger partial charge in [-0.1, -0.05) is 158 Å². The van der Waals surface area contributed by atoms with Gasteiger partial charge in [-0.05, 0) is 52.1 Å². The molecule has 244 valence electrons. The molecule has 10 aromatic rings. The first-order chi connectivity index (χ1) is 25.8. The van der Waals surface area contributed by atoms with E-state index in [1.807, 2.05) is 72.0 Å². The van der Waals surface area contributed by atoms with Gasteiger partial charge in [-0.25, -0.2) is 15.0 Å². The van der Waals surface area contributed by atoms with E-state index in [2.05, 4.69) is 126 Å². The fourth-order valence-electron chi connectivity index (χ4n) is 7.10. The Hall–Kier alpha value is -6.69. The molecule has 5 heteroatoms. The van der Waals surface area contributed by atoms with Crippen LogP contribution in [-0.4, -0.2) is 19.4 Å². The monoisotopic (exact) mass is 682 g/mol. The molecule has 0 spiro atoms. The van der Waals surface area contributed by atoms with Gasteiger partial charge in [0.1, 0.15) is 4.83 Å². The lowest BCUT2D eigenvalue weighted by Gasteiger charge is -2.09. The van der Waals surface area contributed by atoms with Gasteiger partial charge in [0.05, 0.1) is 15.7 Å². The number of thiazole rings is 1. The highest BCUT2D eigenvalue weighted by atomic mass is 32.1. The van der Waals surface area contributed by atoms with E-state index in [0.717, 1.165) is 22.3 Å². The predicted molar refractivity (Wildman–Crippen MR) is 216 cm³/mol. The Balaban J connectivity index is 1.10. The number of hydrogen-bond donors (Lipinski definition) is 0.